The molecule has 0 aromatic carbocycles. The molecule has 60 valence electrons. The zero-order valence-electron chi connectivity index (χ0n) is 7.45. The first-order valence-electron chi connectivity index (χ1n) is 4.21. The average Bonchev–Trinajstić information content (AvgIpc) is 2.28. The minimum Gasteiger partial charge on any atom is -0.351 e. The first-order valence-corrected chi connectivity index (χ1v) is 4.21. The van der Waals surface area contributed by atoms with E-state index in [1.165, 1.54) is 12.8 Å². The van der Waals surface area contributed by atoms with E-state index in [0.29, 0.717) is 4.39 Å². The smallest absolute Gasteiger partial charge is 0.351 e. The van der Waals surface area contributed by atoms with E-state index in [2.05, 4.69) is 31.3 Å². The van der Waals surface area contributed by atoms with Gasteiger partial charge in [0.05, 0.1) is 18.9 Å². The molecule has 0 amide bonds. The van der Waals surface area contributed by atoms with Crippen molar-refractivity contribution in [2.24, 2.45) is 0 Å². The zero-order chi connectivity index (χ0) is 8.32. The maximum Gasteiger partial charge on any atom is 0.488 e. The Morgan fingerprint density at radius 1 is 1.64 bits per heavy atom. The lowest BCUT2D eigenvalue weighted by molar-refractivity contribution is -0.765. The molecule has 2 radical (unpaired) electrons. The summed E-state index contributed by atoms with van der Waals surface area (Å²) in [6, 6.07) is 0. The van der Waals surface area contributed by atoms with E-state index in [1.807, 2.05) is 0 Å². The van der Waals surface area contributed by atoms with Crippen LogP contribution >= 0.6 is 0 Å². The van der Waals surface area contributed by atoms with Crippen molar-refractivity contribution in [3.63, 3.8) is 0 Å². The quantitative estimate of drug-likeness (QED) is 0.545. The molecule has 0 fully saturated rings. The van der Waals surface area contributed by atoms with Gasteiger partial charge in [0.1, 0.15) is 6.67 Å². The number of nitrogens with zero attached hydrogens (tertiary/aromatic N) is 2. The molecule has 0 spiro atoms. The van der Waals surface area contributed by atoms with Crippen molar-refractivity contribution in [2.75, 3.05) is 20.3 Å². The van der Waals surface area contributed by atoms with E-state index in [0.717, 1.165) is 13.2 Å². The van der Waals surface area contributed by atoms with Gasteiger partial charge < -0.3 is 9.29 Å². The summed E-state index contributed by atoms with van der Waals surface area (Å²) in [5, 5.41) is 0. The van der Waals surface area contributed by atoms with Crippen molar-refractivity contribution >= 4 is 7.98 Å². The lowest BCUT2D eigenvalue weighted by atomic mass is 10.2. The molecule has 0 aromatic heterocycles. The molecular formula is C8H16BN2+. The molecular weight excluding hydrogens is 135 g/mol. The molecule has 3 heteroatoms. The van der Waals surface area contributed by atoms with Gasteiger partial charge in [-0.25, -0.2) is 0 Å². The molecule has 0 saturated heterocycles. The minimum atomic E-state index is 0.588. The minimum absolute atomic E-state index is 0.588. The molecule has 1 heterocycles. The van der Waals surface area contributed by atoms with Crippen molar-refractivity contribution in [3.05, 3.63) is 12.4 Å². The van der Waals surface area contributed by atoms with Crippen molar-refractivity contribution in [3.8, 4) is 0 Å². The number of hydrogen-bond donors (Lipinski definition) is 0. The Morgan fingerprint density at radius 2 is 2.36 bits per heavy atom. The van der Waals surface area contributed by atoms with Gasteiger partial charge in [-0.15, -0.1) is 0 Å². The second-order valence-electron chi connectivity index (χ2n) is 3.38. The van der Waals surface area contributed by atoms with E-state index in [9.17, 15) is 0 Å². The molecule has 1 aliphatic heterocycles. The highest BCUT2D eigenvalue weighted by Crippen LogP contribution is 2.13. The van der Waals surface area contributed by atoms with Crippen LogP contribution < -0.4 is 0 Å². The van der Waals surface area contributed by atoms with E-state index >= 15 is 0 Å². The third-order valence-electron chi connectivity index (χ3n) is 2.03. The van der Waals surface area contributed by atoms with Crippen LogP contribution in [0.4, 0.5) is 0 Å². The predicted octanol–water partition coefficient (Wildman–Crippen LogP) is 1.06. The fourth-order valence-electron chi connectivity index (χ4n) is 1.35. The Labute approximate surface area is 70.5 Å². The summed E-state index contributed by atoms with van der Waals surface area (Å²) in [5.41, 5.74) is 0. The maximum absolute atomic E-state index is 6.04. The highest BCUT2D eigenvalue weighted by atomic mass is 15.4. The van der Waals surface area contributed by atoms with Gasteiger partial charge in [0.2, 0.25) is 0 Å². The van der Waals surface area contributed by atoms with Crippen LogP contribution in [-0.2, 0) is 0 Å². The van der Waals surface area contributed by atoms with Crippen LogP contribution in [0.25, 0.3) is 0 Å². The van der Waals surface area contributed by atoms with Crippen LogP contribution in [0.3, 0.4) is 0 Å². The maximum atomic E-state index is 6.04. The van der Waals surface area contributed by atoms with Crippen LogP contribution in [0.15, 0.2) is 12.4 Å². The van der Waals surface area contributed by atoms with Gasteiger partial charge in [-0.1, -0.05) is 13.3 Å². The van der Waals surface area contributed by atoms with Crippen molar-refractivity contribution in [2.45, 2.75) is 19.8 Å². The van der Waals surface area contributed by atoms with Gasteiger partial charge >= 0.3 is 7.98 Å². The first kappa shape index (κ1) is 8.66. The molecule has 0 bridgehead atoms. The van der Waals surface area contributed by atoms with E-state index in [4.69, 9.17) is 7.98 Å². The van der Waals surface area contributed by atoms with Gasteiger partial charge in [0, 0.05) is 7.05 Å². The number of hydrogen-bond acceptors (Lipinski definition) is 1. The largest absolute Gasteiger partial charge is 0.488 e. The highest BCUT2D eigenvalue weighted by Gasteiger charge is 2.24. The van der Waals surface area contributed by atoms with E-state index < -0.39 is 0 Å². The summed E-state index contributed by atoms with van der Waals surface area (Å²) < 4.78 is 0.588. The molecule has 11 heavy (non-hydrogen) atoms. The monoisotopic (exact) mass is 151 g/mol. The lowest BCUT2D eigenvalue weighted by Gasteiger charge is -2.28. The van der Waals surface area contributed by atoms with Crippen LogP contribution in [0.5, 0.6) is 0 Å². The van der Waals surface area contributed by atoms with Crippen LogP contribution in [0, 0.1) is 0 Å². The normalized spacial score (nSPS) is 29.8. The van der Waals surface area contributed by atoms with Gasteiger partial charge in [0.25, 0.3) is 0 Å². The molecule has 2 nitrogen and oxygen atoms in total. The third kappa shape index (κ3) is 2.26. The lowest BCUT2D eigenvalue weighted by Crippen LogP contribution is -2.42. The van der Waals surface area contributed by atoms with Crippen molar-refractivity contribution in [1.29, 1.82) is 0 Å². The SMILES string of the molecule is [B][N+]1(CCCC)C=CN(C)C1. The Bertz CT molecular complexity index is 158. The van der Waals surface area contributed by atoms with E-state index in [1.54, 1.807) is 0 Å². The predicted molar refractivity (Wildman–Crippen MR) is 47.6 cm³/mol. The van der Waals surface area contributed by atoms with Gasteiger partial charge in [-0.2, -0.15) is 0 Å². The van der Waals surface area contributed by atoms with Crippen molar-refractivity contribution < 1.29 is 4.39 Å². The Hall–Kier alpha value is -0.435. The van der Waals surface area contributed by atoms with Crippen LogP contribution in [0.2, 0.25) is 0 Å². The van der Waals surface area contributed by atoms with Gasteiger partial charge in [-0.05, 0) is 6.42 Å². The molecule has 0 aliphatic carbocycles. The summed E-state index contributed by atoms with van der Waals surface area (Å²) in [6.07, 6.45) is 6.54. The summed E-state index contributed by atoms with van der Waals surface area (Å²) in [5.74, 6) is 0. The average molecular weight is 151 g/mol. The van der Waals surface area contributed by atoms with Crippen LogP contribution in [-0.4, -0.2) is 37.5 Å². The topological polar surface area (TPSA) is 3.24 Å². The molecule has 0 N–H and O–H groups in total. The standard InChI is InChI=1S/C8H16BN2/c1-3-4-6-11(9)7-5-10(2)8-11/h5,7H,3-4,6,8H2,1-2H3/q+1. The Balaban J connectivity index is 2.37. The third-order valence-corrected chi connectivity index (χ3v) is 2.03. The number of rotatable bonds is 3. The molecule has 1 atom stereocenters. The van der Waals surface area contributed by atoms with E-state index in [-0.39, 0.29) is 0 Å². The number of unbranched alkanes of at least 4 members (excludes halogenated alkanes) is 1. The summed E-state index contributed by atoms with van der Waals surface area (Å²) >= 11 is 0. The van der Waals surface area contributed by atoms with Gasteiger partial charge in [-0.3, -0.25) is 0 Å². The highest BCUT2D eigenvalue weighted by molar-refractivity contribution is 5.97. The fraction of sp³-hybridized carbons (Fsp3) is 0.750. The van der Waals surface area contributed by atoms with Crippen LogP contribution in [0.1, 0.15) is 19.8 Å². The molecule has 1 aliphatic rings. The summed E-state index contributed by atoms with van der Waals surface area (Å²) in [7, 11) is 8.10. The zero-order valence-corrected chi connectivity index (χ0v) is 7.45. The Morgan fingerprint density at radius 3 is 2.82 bits per heavy atom. The number of quaternary nitrogens is 1. The second-order valence-corrected chi connectivity index (χ2v) is 3.38. The second kappa shape index (κ2) is 3.31. The molecule has 1 rings (SSSR count). The summed E-state index contributed by atoms with van der Waals surface area (Å²) in [6.45, 7) is 4.16. The molecule has 0 saturated carbocycles. The fourth-order valence-corrected chi connectivity index (χ4v) is 1.35. The Kier molecular flexibility index (Phi) is 2.60. The molecule has 1 unspecified atom stereocenters. The first-order chi connectivity index (χ1) is 5.16. The summed E-state index contributed by atoms with van der Waals surface area (Å²) in [4.78, 5) is 2.12. The van der Waals surface area contributed by atoms with Gasteiger partial charge in [0.15, 0.2) is 0 Å². The van der Waals surface area contributed by atoms with Crippen molar-refractivity contribution in [1.82, 2.24) is 4.90 Å². The molecule has 0 aromatic rings.